The van der Waals surface area contributed by atoms with Gasteiger partial charge >= 0.3 is 6.09 Å². The zero-order valence-corrected chi connectivity index (χ0v) is 16.6. The van der Waals surface area contributed by atoms with Crippen LogP contribution in [0.1, 0.15) is 69.9 Å². The van der Waals surface area contributed by atoms with Crippen molar-refractivity contribution >= 4 is 6.09 Å². The third kappa shape index (κ3) is 3.75. The highest BCUT2D eigenvalue weighted by atomic mass is 16.6. The molecular weight excluding hydrogens is 324 g/mol. The minimum atomic E-state index is -0.288. The molecule has 1 saturated carbocycles. The van der Waals surface area contributed by atoms with Crippen LogP contribution in [0.2, 0.25) is 0 Å². The molecule has 1 fully saturated rings. The Morgan fingerprint density at radius 3 is 2.85 bits per heavy atom. The van der Waals surface area contributed by atoms with Crippen molar-refractivity contribution in [2.75, 3.05) is 13.6 Å². The van der Waals surface area contributed by atoms with Crippen molar-refractivity contribution in [3.05, 3.63) is 29.3 Å². The third-order valence-electron chi connectivity index (χ3n) is 6.52. The molecule has 0 radical (unpaired) electrons. The van der Waals surface area contributed by atoms with E-state index in [9.17, 15) is 4.79 Å². The number of carbonyl (C=O) groups excluding carboxylic acids is 1. The molecule has 3 atom stereocenters. The fourth-order valence-electron chi connectivity index (χ4n) is 4.88. The van der Waals surface area contributed by atoms with Crippen LogP contribution in [0.15, 0.2) is 18.2 Å². The highest BCUT2D eigenvalue weighted by Gasteiger charge is 2.43. The first-order chi connectivity index (χ1) is 12.5. The topological polar surface area (TPSA) is 55.6 Å². The minimum absolute atomic E-state index is 0.0275. The van der Waals surface area contributed by atoms with Gasteiger partial charge in [0.15, 0.2) is 0 Å². The van der Waals surface area contributed by atoms with Gasteiger partial charge in [-0.1, -0.05) is 45.6 Å². The molecule has 1 aromatic carbocycles. The Balaban J connectivity index is 1.89. The molecule has 0 heterocycles. The molecule has 0 unspecified atom stereocenters. The van der Waals surface area contributed by atoms with Gasteiger partial charge in [-0.05, 0) is 54.9 Å². The fraction of sp³-hybridized carbons (Fsp3) is 0.682. The third-order valence-corrected chi connectivity index (χ3v) is 6.52. The number of amides is 1. The maximum atomic E-state index is 12.3. The Hall–Kier alpha value is -1.55. The van der Waals surface area contributed by atoms with Crippen molar-refractivity contribution < 1.29 is 9.53 Å². The zero-order chi connectivity index (χ0) is 18.7. The lowest BCUT2D eigenvalue weighted by Crippen LogP contribution is -2.52. The second kappa shape index (κ2) is 7.99. The molecule has 4 nitrogen and oxygen atoms in total. The van der Waals surface area contributed by atoms with E-state index in [4.69, 9.17) is 10.5 Å². The Morgan fingerprint density at radius 1 is 1.31 bits per heavy atom. The largest absolute Gasteiger partial charge is 0.414 e. The summed E-state index contributed by atoms with van der Waals surface area (Å²) in [5.74, 6) is 1.21. The number of nitrogens with two attached hydrogens (primary N) is 1. The molecule has 1 aromatic rings. The predicted molar refractivity (Wildman–Crippen MR) is 106 cm³/mol. The average molecular weight is 359 g/mol. The molecule has 2 N–H and O–H groups in total. The number of hydrogen-bond donors (Lipinski definition) is 1. The number of hydrogen-bond acceptors (Lipinski definition) is 3. The highest BCUT2D eigenvalue weighted by Crippen LogP contribution is 2.46. The summed E-state index contributed by atoms with van der Waals surface area (Å²) >= 11 is 0. The van der Waals surface area contributed by atoms with Crippen LogP contribution in [0.5, 0.6) is 5.75 Å². The van der Waals surface area contributed by atoms with E-state index in [0.717, 1.165) is 19.3 Å². The van der Waals surface area contributed by atoms with Crippen molar-refractivity contribution in [2.24, 2.45) is 11.7 Å². The first-order valence-electron chi connectivity index (χ1n) is 10.3. The summed E-state index contributed by atoms with van der Waals surface area (Å²) in [6, 6.07) is 6.37. The van der Waals surface area contributed by atoms with E-state index < -0.39 is 0 Å². The van der Waals surface area contributed by atoms with Crippen molar-refractivity contribution in [1.29, 1.82) is 0 Å². The van der Waals surface area contributed by atoms with Gasteiger partial charge in [0.25, 0.3) is 0 Å². The number of ether oxygens (including phenoxy) is 1. The molecular formula is C22H34N2O2. The van der Waals surface area contributed by atoms with Crippen LogP contribution in [0.25, 0.3) is 0 Å². The van der Waals surface area contributed by atoms with E-state index in [-0.39, 0.29) is 17.6 Å². The quantitative estimate of drug-likeness (QED) is 0.856. The number of nitrogens with zero attached hydrogens (tertiary/aromatic N) is 1. The Bertz CT molecular complexity index is 645. The highest BCUT2D eigenvalue weighted by molar-refractivity contribution is 5.70. The van der Waals surface area contributed by atoms with Crippen LogP contribution in [-0.4, -0.2) is 30.6 Å². The predicted octanol–water partition coefficient (Wildman–Crippen LogP) is 4.64. The summed E-state index contributed by atoms with van der Waals surface area (Å²) in [7, 11) is 1.78. The summed E-state index contributed by atoms with van der Waals surface area (Å²) in [4.78, 5) is 13.9. The van der Waals surface area contributed by atoms with E-state index in [0.29, 0.717) is 18.2 Å². The van der Waals surface area contributed by atoms with Gasteiger partial charge in [0.1, 0.15) is 5.75 Å². The van der Waals surface area contributed by atoms with E-state index in [1.54, 1.807) is 11.9 Å². The zero-order valence-electron chi connectivity index (χ0n) is 16.6. The molecule has 144 valence electrons. The SMILES string of the molecule is CCCN(C)C(=O)Oc1ccc2c(c1)[C@@]1(C)CCCCCC[C@@H](C2)[C@@H]1N. The Labute approximate surface area is 158 Å². The average Bonchev–Trinajstić information content (AvgIpc) is 2.66. The lowest BCUT2D eigenvalue weighted by Gasteiger charge is -2.46. The second-order valence-electron chi connectivity index (χ2n) is 8.47. The number of benzene rings is 1. The van der Waals surface area contributed by atoms with Gasteiger partial charge in [0.2, 0.25) is 0 Å². The van der Waals surface area contributed by atoms with Gasteiger partial charge in [0.05, 0.1) is 0 Å². The monoisotopic (exact) mass is 358 g/mol. The van der Waals surface area contributed by atoms with Crippen molar-refractivity contribution in [2.45, 2.75) is 76.7 Å². The summed E-state index contributed by atoms with van der Waals surface area (Å²) in [6.07, 6.45) is 9.16. The van der Waals surface area contributed by atoms with E-state index in [2.05, 4.69) is 26.0 Å². The molecule has 26 heavy (non-hydrogen) atoms. The number of carbonyl (C=O) groups is 1. The summed E-state index contributed by atoms with van der Waals surface area (Å²) in [5.41, 5.74) is 9.46. The summed E-state index contributed by atoms with van der Waals surface area (Å²) < 4.78 is 5.64. The van der Waals surface area contributed by atoms with Gasteiger partial charge < -0.3 is 15.4 Å². The maximum Gasteiger partial charge on any atom is 0.414 e. The smallest absolute Gasteiger partial charge is 0.410 e. The van der Waals surface area contributed by atoms with Crippen molar-refractivity contribution in [1.82, 2.24) is 4.90 Å². The van der Waals surface area contributed by atoms with Crippen LogP contribution < -0.4 is 10.5 Å². The van der Waals surface area contributed by atoms with Gasteiger partial charge in [0, 0.05) is 25.0 Å². The van der Waals surface area contributed by atoms with E-state index >= 15 is 0 Å². The molecule has 0 aliphatic heterocycles. The van der Waals surface area contributed by atoms with Crippen LogP contribution >= 0.6 is 0 Å². The Kier molecular flexibility index (Phi) is 5.91. The second-order valence-corrected chi connectivity index (χ2v) is 8.47. The molecule has 1 amide bonds. The first kappa shape index (κ1) is 19.2. The Morgan fingerprint density at radius 2 is 2.08 bits per heavy atom. The summed E-state index contributed by atoms with van der Waals surface area (Å²) in [5, 5.41) is 0. The van der Waals surface area contributed by atoms with E-state index in [1.807, 2.05) is 6.07 Å². The first-order valence-corrected chi connectivity index (χ1v) is 10.3. The number of rotatable bonds is 3. The van der Waals surface area contributed by atoms with Crippen LogP contribution in [0, 0.1) is 5.92 Å². The van der Waals surface area contributed by atoms with Crippen LogP contribution in [0.4, 0.5) is 4.79 Å². The van der Waals surface area contributed by atoms with Gasteiger partial charge in [-0.25, -0.2) is 4.79 Å². The lowest BCUT2D eigenvalue weighted by atomic mass is 9.61. The minimum Gasteiger partial charge on any atom is -0.410 e. The van der Waals surface area contributed by atoms with Crippen molar-refractivity contribution in [3.8, 4) is 5.75 Å². The molecule has 0 spiro atoms. The van der Waals surface area contributed by atoms with E-state index in [1.165, 1.54) is 43.2 Å². The molecule has 2 aliphatic carbocycles. The number of fused-ring (bicyclic) bond motifs is 4. The molecule has 2 aliphatic rings. The normalized spacial score (nSPS) is 28.3. The van der Waals surface area contributed by atoms with Gasteiger partial charge in [-0.15, -0.1) is 0 Å². The molecule has 0 aromatic heterocycles. The summed E-state index contributed by atoms with van der Waals surface area (Å²) in [6.45, 7) is 5.08. The van der Waals surface area contributed by atoms with Crippen LogP contribution in [-0.2, 0) is 11.8 Å². The van der Waals surface area contributed by atoms with Gasteiger partial charge in [-0.2, -0.15) is 0 Å². The molecule has 3 rings (SSSR count). The maximum absolute atomic E-state index is 12.3. The standard InChI is InChI=1S/C22H34N2O2/c1-4-13-24(3)21(25)26-18-11-10-16-14-17-9-7-5-6-8-12-22(2,20(17)23)19(16)15-18/h10-11,15,17,20H,4-9,12-14,23H2,1-3H3/t17-,20-,22+/m0/s1. The van der Waals surface area contributed by atoms with Crippen molar-refractivity contribution in [3.63, 3.8) is 0 Å². The van der Waals surface area contributed by atoms with Crippen LogP contribution in [0.3, 0.4) is 0 Å². The molecule has 0 saturated heterocycles. The molecule has 4 heteroatoms. The van der Waals surface area contributed by atoms with Gasteiger partial charge in [-0.3, -0.25) is 0 Å². The molecule has 2 bridgehead atoms. The fourth-order valence-corrected chi connectivity index (χ4v) is 4.88. The lowest BCUT2D eigenvalue weighted by molar-refractivity contribution is 0.162.